The van der Waals surface area contributed by atoms with E-state index in [4.69, 9.17) is 9.47 Å². The zero-order chi connectivity index (χ0) is 10.8. The van der Waals surface area contributed by atoms with Crippen molar-refractivity contribution in [2.24, 2.45) is 0 Å². The summed E-state index contributed by atoms with van der Waals surface area (Å²) in [5.41, 5.74) is 0. The van der Waals surface area contributed by atoms with Crippen LogP contribution in [0.3, 0.4) is 0 Å². The van der Waals surface area contributed by atoms with E-state index in [1.807, 2.05) is 0 Å². The number of halogens is 1. The molecule has 0 heterocycles. The molecular weight excluding hydrogens is 183 g/mol. The first kappa shape index (κ1) is 13.6. The molecule has 0 aliphatic carbocycles. The van der Waals surface area contributed by atoms with E-state index in [1.54, 1.807) is 0 Å². The van der Waals surface area contributed by atoms with E-state index in [1.165, 1.54) is 0 Å². The average Bonchev–Trinajstić information content (AvgIpc) is 2.15. The Hall–Kier alpha value is -0.410. The first-order chi connectivity index (χ1) is 6.72. The quantitative estimate of drug-likeness (QED) is 0.423. The highest BCUT2D eigenvalue weighted by atomic mass is 19.1. The smallest absolute Gasteiger partial charge is 0.210 e. The molecule has 0 aromatic carbocycles. The molecule has 0 atom stereocenters. The van der Waals surface area contributed by atoms with E-state index in [0.29, 0.717) is 13.2 Å². The Morgan fingerprint density at radius 2 is 1.57 bits per heavy atom. The highest BCUT2D eigenvalue weighted by Crippen LogP contribution is 2.09. The Bertz CT molecular complexity index is 138. The lowest BCUT2D eigenvalue weighted by Gasteiger charge is -2.15. The Balaban J connectivity index is 3.61. The van der Waals surface area contributed by atoms with Gasteiger partial charge >= 0.3 is 0 Å². The fraction of sp³-hybridized carbons (Fsp3) is 0.818. The maximum absolute atomic E-state index is 12.8. The summed E-state index contributed by atoms with van der Waals surface area (Å²) >= 11 is 0. The largest absolute Gasteiger partial charge is 0.347 e. The Morgan fingerprint density at radius 3 is 1.86 bits per heavy atom. The monoisotopic (exact) mass is 204 g/mol. The minimum absolute atomic E-state index is 0.524. The van der Waals surface area contributed by atoms with Crippen LogP contribution in [0.1, 0.15) is 39.5 Å². The second-order valence-electron chi connectivity index (χ2n) is 3.23. The average molecular weight is 204 g/mol. The first-order valence-electron chi connectivity index (χ1n) is 5.29. The predicted octanol–water partition coefficient (Wildman–Crippen LogP) is 3.43. The molecule has 14 heavy (non-hydrogen) atoms. The normalized spacial score (nSPS) is 10.9. The topological polar surface area (TPSA) is 18.5 Å². The fourth-order valence-electron chi connectivity index (χ4n) is 0.898. The maximum atomic E-state index is 12.8. The van der Waals surface area contributed by atoms with Gasteiger partial charge in [0.05, 0.1) is 13.2 Å². The SMILES string of the molecule is C=C(F)C(OCCCC)OCCCC. The summed E-state index contributed by atoms with van der Waals surface area (Å²) in [5, 5.41) is 0. The summed E-state index contributed by atoms with van der Waals surface area (Å²) in [7, 11) is 0. The molecule has 0 N–H and O–H groups in total. The summed E-state index contributed by atoms with van der Waals surface area (Å²) in [6.45, 7) is 8.36. The van der Waals surface area contributed by atoms with Gasteiger partial charge < -0.3 is 9.47 Å². The van der Waals surface area contributed by atoms with Crippen LogP contribution in [0.4, 0.5) is 4.39 Å². The molecule has 0 bridgehead atoms. The van der Waals surface area contributed by atoms with Crippen molar-refractivity contribution >= 4 is 0 Å². The molecule has 0 unspecified atom stereocenters. The van der Waals surface area contributed by atoms with Crippen molar-refractivity contribution in [1.82, 2.24) is 0 Å². The summed E-state index contributed by atoms with van der Waals surface area (Å²) < 4.78 is 23.2. The van der Waals surface area contributed by atoms with Crippen LogP contribution < -0.4 is 0 Å². The van der Waals surface area contributed by atoms with E-state index in [-0.39, 0.29) is 0 Å². The number of rotatable bonds is 9. The van der Waals surface area contributed by atoms with E-state index in [9.17, 15) is 4.39 Å². The van der Waals surface area contributed by atoms with Gasteiger partial charge in [0.15, 0.2) is 0 Å². The molecule has 0 radical (unpaired) electrons. The van der Waals surface area contributed by atoms with Crippen LogP contribution in [-0.4, -0.2) is 19.5 Å². The predicted molar refractivity (Wildman–Crippen MR) is 55.8 cm³/mol. The Kier molecular flexibility index (Phi) is 8.89. The van der Waals surface area contributed by atoms with Gasteiger partial charge in [-0.05, 0) is 12.8 Å². The lowest BCUT2D eigenvalue weighted by atomic mass is 10.3. The molecule has 0 spiro atoms. The lowest BCUT2D eigenvalue weighted by Crippen LogP contribution is -2.19. The zero-order valence-electron chi connectivity index (χ0n) is 9.22. The third kappa shape index (κ3) is 7.04. The lowest BCUT2D eigenvalue weighted by molar-refractivity contribution is -0.129. The molecule has 0 saturated carbocycles. The molecule has 0 aromatic rings. The van der Waals surface area contributed by atoms with Crippen LogP contribution in [0.15, 0.2) is 12.4 Å². The molecule has 0 saturated heterocycles. The molecular formula is C11H21FO2. The second-order valence-corrected chi connectivity index (χ2v) is 3.23. The van der Waals surface area contributed by atoms with Crippen molar-refractivity contribution in [3.8, 4) is 0 Å². The highest BCUT2D eigenvalue weighted by molar-refractivity contribution is 4.84. The van der Waals surface area contributed by atoms with Gasteiger partial charge in [0.25, 0.3) is 0 Å². The second kappa shape index (κ2) is 9.16. The maximum Gasteiger partial charge on any atom is 0.210 e. The van der Waals surface area contributed by atoms with Crippen LogP contribution >= 0.6 is 0 Å². The van der Waals surface area contributed by atoms with E-state index in [0.717, 1.165) is 25.7 Å². The summed E-state index contributed by atoms with van der Waals surface area (Å²) in [6, 6.07) is 0. The number of unbranched alkanes of at least 4 members (excludes halogenated alkanes) is 2. The summed E-state index contributed by atoms with van der Waals surface area (Å²) in [4.78, 5) is 0. The minimum atomic E-state index is -0.868. The molecule has 2 nitrogen and oxygen atoms in total. The van der Waals surface area contributed by atoms with Crippen LogP contribution in [-0.2, 0) is 9.47 Å². The van der Waals surface area contributed by atoms with Gasteiger partial charge in [-0.2, -0.15) is 0 Å². The van der Waals surface area contributed by atoms with Crippen molar-refractivity contribution < 1.29 is 13.9 Å². The van der Waals surface area contributed by atoms with E-state index < -0.39 is 12.1 Å². The molecule has 84 valence electrons. The van der Waals surface area contributed by atoms with Gasteiger partial charge in [0.1, 0.15) is 5.83 Å². The van der Waals surface area contributed by atoms with Crippen LogP contribution in [0.25, 0.3) is 0 Å². The van der Waals surface area contributed by atoms with Crippen LogP contribution in [0, 0.1) is 0 Å². The summed E-state index contributed by atoms with van der Waals surface area (Å²) in [5.74, 6) is -0.544. The molecule has 0 fully saturated rings. The number of ether oxygens (including phenoxy) is 2. The van der Waals surface area contributed by atoms with Gasteiger partial charge in [0.2, 0.25) is 6.29 Å². The number of hydrogen-bond donors (Lipinski definition) is 0. The Labute approximate surface area is 86.1 Å². The summed E-state index contributed by atoms with van der Waals surface area (Å²) in [6.07, 6.45) is 3.02. The van der Waals surface area contributed by atoms with Crippen molar-refractivity contribution in [3.05, 3.63) is 12.4 Å². The highest BCUT2D eigenvalue weighted by Gasteiger charge is 2.12. The Morgan fingerprint density at radius 1 is 1.14 bits per heavy atom. The molecule has 0 rings (SSSR count). The molecule has 0 aliphatic heterocycles. The molecule has 0 aromatic heterocycles. The first-order valence-corrected chi connectivity index (χ1v) is 5.29. The van der Waals surface area contributed by atoms with E-state index in [2.05, 4.69) is 20.4 Å². The van der Waals surface area contributed by atoms with Crippen LogP contribution in [0.2, 0.25) is 0 Å². The van der Waals surface area contributed by atoms with E-state index >= 15 is 0 Å². The minimum Gasteiger partial charge on any atom is -0.347 e. The van der Waals surface area contributed by atoms with Crippen LogP contribution in [0.5, 0.6) is 0 Å². The van der Waals surface area contributed by atoms with Crippen molar-refractivity contribution in [2.45, 2.75) is 45.8 Å². The molecule has 0 amide bonds. The number of hydrogen-bond acceptors (Lipinski definition) is 2. The standard InChI is InChI=1S/C11H21FO2/c1-4-6-8-13-11(10(3)12)14-9-7-5-2/h11H,3-9H2,1-2H3. The van der Waals surface area contributed by atoms with Crippen molar-refractivity contribution in [1.29, 1.82) is 0 Å². The van der Waals surface area contributed by atoms with Gasteiger partial charge in [-0.1, -0.05) is 33.3 Å². The van der Waals surface area contributed by atoms with Crippen molar-refractivity contribution in [2.75, 3.05) is 13.2 Å². The third-order valence-electron chi connectivity index (χ3n) is 1.79. The van der Waals surface area contributed by atoms with Gasteiger partial charge in [-0.25, -0.2) is 4.39 Å². The third-order valence-corrected chi connectivity index (χ3v) is 1.79. The molecule has 3 heteroatoms. The zero-order valence-corrected chi connectivity index (χ0v) is 9.22. The van der Waals surface area contributed by atoms with Gasteiger partial charge in [-0.3, -0.25) is 0 Å². The van der Waals surface area contributed by atoms with Crippen molar-refractivity contribution in [3.63, 3.8) is 0 Å². The van der Waals surface area contributed by atoms with Gasteiger partial charge in [0, 0.05) is 0 Å². The van der Waals surface area contributed by atoms with Gasteiger partial charge in [-0.15, -0.1) is 0 Å². The fourth-order valence-corrected chi connectivity index (χ4v) is 0.898. The molecule has 0 aliphatic rings.